The van der Waals surface area contributed by atoms with Gasteiger partial charge in [0.1, 0.15) is 23.3 Å². The van der Waals surface area contributed by atoms with Crippen LogP contribution in [-0.2, 0) is 6.18 Å². The Morgan fingerprint density at radius 3 is 2.64 bits per heavy atom. The third-order valence-electron chi connectivity index (χ3n) is 4.98. The molecule has 1 atom stereocenters. The van der Waals surface area contributed by atoms with Crippen molar-refractivity contribution in [3.8, 4) is 11.9 Å². The van der Waals surface area contributed by atoms with Crippen molar-refractivity contribution in [2.45, 2.75) is 31.4 Å². The van der Waals surface area contributed by atoms with Crippen molar-refractivity contribution in [2.75, 3.05) is 24.6 Å². The van der Waals surface area contributed by atoms with Gasteiger partial charge in [0.15, 0.2) is 0 Å². The smallest absolute Gasteiger partial charge is 0.417 e. The Labute approximate surface area is 160 Å². The molecule has 0 N–H and O–H groups in total. The van der Waals surface area contributed by atoms with E-state index in [9.17, 15) is 18.4 Å². The quantitative estimate of drug-likeness (QED) is 0.779. The molecule has 0 radical (unpaired) electrons. The van der Waals surface area contributed by atoms with Gasteiger partial charge >= 0.3 is 6.18 Å². The average Bonchev–Trinajstić information content (AvgIpc) is 3.43. The van der Waals surface area contributed by atoms with Crippen molar-refractivity contribution in [1.29, 1.82) is 5.26 Å². The first-order chi connectivity index (χ1) is 13.4. The van der Waals surface area contributed by atoms with E-state index in [4.69, 9.17) is 4.74 Å². The first kappa shape index (κ1) is 18.5. The number of anilines is 1. The Hall–Kier alpha value is -2.89. The van der Waals surface area contributed by atoms with Gasteiger partial charge in [-0.1, -0.05) is 0 Å². The second-order valence-corrected chi connectivity index (χ2v) is 7.15. The summed E-state index contributed by atoms with van der Waals surface area (Å²) in [6, 6.07) is 4.49. The summed E-state index contributed by atoms with van der Waals surface area (Å²) in [6.45, 7) is 1.70. The number of pyridine rings is 1. The fourth-order valence-corrected chi connectivity index (χ4v) is 3.22. The molecule has 0 spiro atoms. The Morgan fingerprint density at radius 2 is 2.00 bits per heavy atom. The molecule has 0 bridgehead atoms. The fraction of sp³-hybridized carbons (Fsp3) is 0.474. The number of aromatic nitrogens is 3. The molecule has 146 valence electrons. The molecule has 3 heterocycles. The van der Waals surface area contributed by atoms with Crippen molar-refractivity contribution in [2.24, 2.45) is 5.92 Å². The third kappa shape index (κ3) is 4.01. The molecule has 1 saturated heterocycles. The van der Waals surface area contributed by atoms with Crippen LogP contribution in [0.4, 0.5) is 19.0 Å². The first-order valence-corrected chi connectivity index (χ1v) is 9.12. The van der Waals surface area contributed by atoms with Crippen LogP contribution in [0.25, 0.3) is 0 Å². The lowest BCUT2D eigenvalue weighted by Crippen LogP contribution is -2.23. The van der Waals surface area contributed by atoms with Crippen LogP contribution < -0.4 is 9.64 Å². The lowest BCUT2D eigenvalue weighted by Gasteiger charge is -2.18. The number of hydrogen-bond donors (Lipinski definition) is 0. The van der Waals surface area contributed by atoms with E-state index in [0.29, 0.717) is 42.9 Å². The minimum atomic E-state index is -4.39. The molecule has 2 aliphatic rings. The summed E-state index contributed by atoms with van der Waals surface area (Å²) in [5.74, 6) is 2.09. The summed E-state index contributed by atoms with van der Waals surface area (Å²) < 4.78 is 43.8. The zero-order valence-electron chi connectivity index (χ0n) is 15.0. The lowest BCUT2D eigenvalue weighted by atomic mass is 10.1. The minimum absolute atomic E-state index is 0.176. The second-order valence-electron chi connectivity index (χ2n) is 7.15. The van der Waals surface area contributed by atoms with Crippen LogP contribution in [0.5, 0.6) is 5.88 Å². The molecule has 2 fully saturated rings. The molecule has 1 aliphatic carbocycles. The number of alkyl halides is 3. The van der Waals surface area contributed by atoms with Crippen LogP contribution in [-0.4, -0.2) is 34.6 Å². The van der Waals surface area contributed by atoms with E-state index >= 15 is 0 Å². The zero-order valence-corrected chi connectivity index (χ0v) is 15.0. The first-order valence-electron chi connectivity index (χ1n) is 9.12. The maximum Gasteiger partial charge on any atom is 0.417 e. The minimum Gasteiger partial charge on any atom is -0.476 e. The zero-order chi connectivity index (χ0) is 19.7. The van der Waals surface area contributed by atoms with E-state index in [0.717, 1.165) is 37.4 Å². The summed E-state index contributed by atoms with van der Waals surface area (Å²) in [7, 11) is 0. The molecule has 4 rings (SSSR count). The van der Waals surface area contributed by atoms with Gasteiger partial charge in [0, 0.05) is 31.1 Å². The predicted molar refractivity (Wildman–Crippen MR) is 93.8 cm³/mol. The SMILES string of the molecule is N#Cc1cnc(C2CC2)nc1OC[C@H]1CCN(c2ccc(C(F)(F)F)cn2)C1. The van der Waals surface area contributed by atoms with Gasteiger partial charge in [0.05, 0.1) is 18.4 Å². The molecule has 0 unspecified atom stereocenters. The van der Waals surface area contributed by atoms with Crippen molar-refractivity contribution in [1.82, 2.24) is 15.0 Å². The van der Waals surface area contributed by atoms with Gasteiger partial charge < -0.3 is 9.64 Å². The summed E-state index contributed by atoms with van der Waals surface area (Å²) in [4.78, 5) is 14.5. The van der Waals surface area contributed by atoms with Crippen molar-refractivity contribution < 1.29 is 17.9 Å². The van der Waals surface area contributed by atoms with E-state index in [1.54, 1.807) is 0 Å². The maximum atomic E-state index is 12.7. The highest BCUT2D eigenvalue weighted by Gasteiger charge is 2.32. The molecule has 28 heavy (non-hydrogen) atoms. The van der Waals surface area contributed by atoms with Gasteiger partial charge in [0.25, 0.3) is 0 Å². The summed E-state index contributed by atoms with van der Waals surface area (Å²) in [5.41, 5.74) is -0.446. The number of nitriles is 1. The molecule has 2 aromatic heterocycles. The number of nitrogens with zero attached hydrogens (tertiary/aromatic N) is 5. The molecule has 0 amide bonds. The molecule has 2 aromatic rings. The summed E-state index contributed by atoms with van der Waals surface area (Å²) in [5, 5.41) is 9.22. The number of rotatable bonds is 5. The standard InChI is InChI=1S/C19H18F3N5O/c20-19(21,22)15-3-4-16(24-9-15)27-6-5-12(10-27)11-28-18-14(7-23)8-25-17(26-18)13-1-2-13/h3-4,8-9,12-13H,1-2,5-6,10-11H2/t12-/m0/s1. The molecular formula is C19H18F3N5O. The van der Waals surface area contributed by atoms with Crippen LogP contribution >= 0.6 is 0 Å². The average molecular weight is 389 g/mol. The van der Waals surface area contributed by atoms with E-state index < -0.39 is 11.7 Å². The largest absolute Gasteiger partial charge is 0.476 e. The van der Waals surface area contributed by atoms with Crippen LogP contribution in [0.3, 0.4) is 0 Å². The lowest BCUT2D eigenvalue weighted by molar-refractivity contribution is -0.137. The number of ether oxygens (including phenoxy) is 1. The van der Waals surface area contributed by atoms with Crippen LogP contribution in [0.15, 0.2) is 24.5 Å². The third-order valence-corrected chi connectivity index (χ3v) is 4.98. The monoisotopic (exact) mass is 389 g/mol. The van der Waals surface area contributed by atoms with Gasteiger partial charge in [-0.05, 0) is 31.4 Å². The highest BCUT2D eigenvalue weighted by atomic mass is 19.4. The predicted octanol–water partition coefficient (Wildman–Crippen LogP) is 3.54. The highest BCUT2D eigenvalue weighted by Crippen LogP contribution is 2.38. The van der Waals surface area contributed by atoms with Gasteiger partial charge in [-0.25, -0.2) is 9.97 Å². The topological polar surface area (TPSA) is 74.9 Å². The molecule has 1 aliphatic heterocycles. The van der Waals surface area contributed by atoms with Crippen LogP contribution in [0, 0.1) is 17.2 Å². The summed E-state index contributed by atoms with van der Waals surface area (Å²) in [6.07, 6.45) is 0.918. The van der Waals surface area contributed by atoms with Gasteiger partial charge in [-0.15, -0.1) is 0 Å². The molecular weight excluding hydrogens is 371 g/mol. The van der Waals surface area contributed by atoms with E-state index in [1.807, 2.05) is 11.0 Å². The Kier molecular flexibility index (Phi) is 4.79. The molecule has 1 saturated carbocycles. The Morgan fingerprint density at radius 1 is 1.18 bits per heavy atom. The molecule has 0 aromatic carbocycles. The van der Waals surface area contributed by atoms with Gasteiger partial charge in [-0.3, -0.25) is 0 Å². The van der Waals surface area contributed by atoms with E-state index in [2.05, 4.69) is 15.0 Å². The van der Waals surface area contributed by atoms with Crippen molar-refractivity contribution in [3.05, 3.63) is 41.5 Å². The normalized spacial score (nSPS) is 19.5. The Bertz CT molecular complexity index is 890. The van der Waals surface area contributed by atoms with Crippen LogP contribution in [0.2, 0.25) is 0 Å². The number of hydrogen-bond acceptors (Lipinski definition) is 6. The van der Waals surface area contributed by atoms with Gasteiger partial charge in [0.2, 0.25) is 5.88 Å². The van der Waals surface area contributed by atoms with Crippen LogP contribution in [0.1, 0.15) is 42.1 Å². The van der Waals surface area contributed by atoms with Gasteiger partial charge in [-0.2, -0.15) is 23.4 Å². The Balaban J connectivity index is 1.36. The van der Waals surface area contributed by atoms with Crippen molar-refractivity contribution >= 4 is 5.82 Å². The second kappa shape index (κ2) is 7.26. The van der Waals surface area contributed by atoms with Crippen molar-refractivity contribution in [3.63, 3.8) is 0 Å². The highest BCUT2D eigenvalue weighted by molar-refractivity contribution is 5.41. The fourth-order valence-electron chi connectivity index (χ4n) is 3.22. The molecule has 6 nitrogen and oxygen atoms in total. The van der Waals surface area contributed by atoms with E-state index in [-0.39, 0.29) is 5.92 Å². The number of halogens is 3. The molecule has 9 heteroatoms. The summed E-state index contributed by atoms with van der Waals surface area (Å²) >= 11 is 0. The van der Waals surface area contributed by atoms with E-state index in [1.165, 1.54) is 12.3 Å². The maximum absolute atomic E-state index is 12.7.